The van der Waals surface area contributed by atoms with E-state index in [1.807, 2.05) is 13.1 Å². The fourth-order valence-corrected chi connectivity index (χ4v) is 9.48. The van der Waals surface area contributed by atoms with Gasteiger partial charge in [0, 0.05) is 53.1 Å². The summed E-state index contributed by atoms with van der Waals surface area (Å²) in [5, 5.41) is 25.0. The van der Waals surface area contributed by atoms with E-state index >= 15 is 0 Å². The largest absolute Gasteiger partial charge is 0.504 e. The molecule has 1 aliphatic rings. The van der Waals surface area contributed by atoms with Crippen molar-refractivity contribution in [2.24, 2.45) is 5.84 Å². The molecule has 0 unspecified atom stereocenters. The maximum atomic E-state index is 15.0. The molecule has 1 saturated heterocycles. The third-order valence-corrected chi connectivity index (χ3v) is 12.8. The molecule has 5 aromatic carbocycles. The SMILES string of the molecule is COc1c(O)cccc1-c1nccc(COc2ccccc2C[C@@H](Oc2ncnc3sc4c5ccc(F)cc5c5c(Cl)c(OCCN6CC[N+](C)(N)CC6)ccc5c4c23)C(=O)O)n1. The number of piperazine rings is 1. The van der Waals surface area contributed by atoms with Gasteiger partial charge in [0.2, 0.25) is 12.0 Å². The number of hydrogen-bond acceptors (Lipinski definition) is 13. The minimum Gasteiger partial charge on any atom is -0.504 e. The summed E-state index contributed by atoms with van der Waals surface area (Å²) in [5.74, 6) is 6.14. The van der Waals surface area contributed by atoms with Crippen LogP contribution in [0.15, 0.2) is 91.4 Å². The van der Waals surface area contributed by atoms with Gasteiger partial charge in [-0.05, 0) is 64.9 Å². The molecule has 63 heavy (non-hydrogen) atoms. The fourth-order valence-electron chi connectivity index (χ4n) is 7.98. The van der Waals surface area contributed by atoms with Crippen LogP contribution in [0.2, 0.25) is 5.02 Å². The normalized spacial score (nSPS) is 14.6. The predicted molar refractivity (Wildman–Crippen MR) is 239 cm³/mol. The van der Waals surface area contributed by atoms with Crippen LogP contribution in [-0.2, 0) is 17.8 Å². The minimum atomic E-state index is -1.39. The molecular formula is C46H42ClFN7O7S+. The van der Waals surface area contributed by atoms with Crippen molar-refractivity contribution in [1.82, 2.24) is 24.8 Å². The number of methoxy groups -OCH3 is 1. The molecule has 1 atom stereocenters. The number of aliphatic carboxylic acids is 1. The number of fused-ring (bicyclic) bond motifs is 8. The summed E-state index contributed by atoms with van der Waals surface area (Å²) in [5.41, 5.74) is 1.62. The molecule has 4 heterocycles. The number of ether oxygens (including phenoxy) is 4. The highest BCUT2D eigenvalue weighted by Gasteiger charge is 2.28. The lowest BCUT2D eigenvalue weighted by Gasteiger charge is -2.37. The van der Waals surface area contributed by atoms with Crippen molar-refractivity contribution in [2.45, 2.75) is 19.1 Å². The number of benzene rings is 5. The number of halogens is 2. The van der Waals surface area contributed by atoms with Gasteiger partial charge in [0.15, 0.2) is 17.3 Å². The van der Waals surface area contributed by atoms with E-state index in [4.69, 9.17) is 36.4 Å². The van der Waals surface area contributed by atoms with E-state index in [0.717, 1.165) is 36.3 Å². The number of phenols is 1. The van der Waals surface area contributed by atoms with Gasteiger partial charge in [0.05, 0.1) is 35.8 Å². The van der Waals surface area contributed by atoms with Gasteiger partial charge in [-0.1, -0.05) is 41.9 Å². The molecule has 1 aliphatic heterocycles. The third-order valence-electron chi connectivity index (χ3n) is 11.3. The standard InChI is InChI=1S/C46H41ClFN7O7S/c1-55(49)19-16-54(17-20-55)18-21-60-35-13-12-30-37(40(35)47)32-23-27(48)10-11-29(32)42-38(30)39-44(51-25-52-45(39)63-42)62-36(46(57)58)22-26-6-3-4-9-34(26)61-24-28-14-15-50-43(53-28)31-7-5-8-33(56)41(31)59-2/h3-15,23,25,36H,16-22,24,49H2,1-2H3,(H-,56,57,58)/p+1/t36-/m1/s1. The zero-order valence-electron chi connectivity index (χ0n) is 34.3. The summed E-state index contributed by atoms with van der Waals surface area (Å²) in [6.45, 7) is 4.52. The Morgan fingerprint density at radius 3 is 2.57 bits per heavy atom. The van der Waals surface area contributed by atoms with Crippen LogP contribution in [0.1, 0.15) is 11.3 Å². The molecular weight excluding hydrogens is 849 g/mol. The number of carbonyl (C=O) groups is 1. The van der Waals surface area contributed by atoms with Crippen LogP contribution in [0.5, 0.6) is 28.9 Å². The third kappa shape index (κ3) is 8.43. The van der Waals surface area contributed by atoms with Crippen molar-refractivity contribution in [1.29, 1.82) is 0 Å². The van der Waals surface area contributed by atoms with Crippen molar-refractivity contribution >= 4 is 70.8 Å². The number of likely N-dealkylation sites (N-methyl/N-ethyl adjacent to an activating group) is 1. The topological polar surface area (TPSA) is 175 Å². The van der Waals surface area contributed by atoms with E-state index in [2.05, 4.69) is 24.8 Å². The van der Waals surface area contributed by atoms with Crippen LogP contribution in [0, 0.1) is 5.82 Å². The lowest BCUT2D eigenvalue weighted by molar-refractivity contribution is -0.925. The van der Waals surface area contributed by atoms with Crippen LogP contribution < -0.4 is 24.8 Å². The maximum absolute atomic E-state index is 15.0. The highest BCUT2D eigenvalue weighted by atomic mass is 35.5. The highest BCUT2D eigenvalue weighted by Crippen LogP contribution is 2.49. The number of aromatic hydroxyl groups is 1. The second-order valence-corrected chi connectivity index (χ2v) is 16.9. The summed E-state index contributed by atoms with van der Waals surface area (Å²) < 4.78 is 40.5. The van der Waals surface area contributed by atoms with Gasteiger partial charge < -0.3 is 29.2 Å². The predicted octanol–water partition coefficient (Wildman–Crippen LogP) is 7.78. The average Bonchev–Trinajstić information content (AvgIpc) is 3.68. The number of quaternary nitrogens is 1. The summed E-state index contributed by atoms with van der Waals surface area (Å²) in [4.78, 5) is 33.9. The van der Waals surface area contributed by atoms with Crippen LogP contribution in [0.4, 0.5) is 4.39 Å². The van der Waals surface area contributed by atoms with Crippen LogP contribution in [-0.4, -0.2) is 105 Å². The number of carboxylic acids is 1. The molecule has 1 fully saturated rings. The molecule has 9 rings (SSSR count). The quantitative estimate of drug-likeness (QED) is 0.0549. The summed E-state index contributed by atoms with van der Waals surface area (Å²) >= 11 is 8.56. The first kappa shape index (κ1) is 41.9. The maximum Gasteiger partial charge on any atom is 0.345 e. The molecule has 8 aromatic rings. The Bertz CT molecular complexity index is 3030. The molecule has 0 bridgehead atoms. The molecule has 0 radical (unpaired) electrons. The molecule has 3 aromatic heterocycles. The molecule has 0 spiro atoms. The molecule has 14 nitrogen and oxygen atoms in total. The van der Waals surface area contributed by atoms with E-state index in [0.29, 0.717) is 88.7 Å². The van der Waals surface area contributed by atoms with E-state index in [-0.39, 0.29) is 30.4 Å². The molecule has 4 N–H and O–H groups in total. The monoisotopic (exact) mass is 890 g/mol. The number of nitrogens with zero attached hydrogens (tertiary/aromatic N) is 6. The fraction of sp³-hybridized carbons (Fsp3) is 0.239. The lowest BCUT2D eigenvalue weighted by atomic mass is 9.97. The molecule has 17 heteroatoms. The Labute approximate surface area is 369 Å². The Balaban J connectivity index is 1.02. The number of thiophene rings is 1. The zero-order chi connectivity index (χ0) is 43.8. The summed E-state index contributed by atoms with van der Waals surface area (Å²) in [6.07, 6.45) is 1.45. The van der Waals surface area contributed by atoms with E-state index in [1.54, 1.807) is 60.8 Å². The number of para-hydroxylation sites is 2. The number of nitrogens with two attached hydrogens (primary N) is 1. The van der Waals surface area contributed by atoms with Gasteiger partial charge in [-0.3, -0.25) is 4.90 Å². The van der Waals surface area contributed by atoms with E-state index in [1.165, 1.54) is 43.0 Å². The van der Waals surface area contributed by atoms with Crippen molar-refractivity contribution in [3.63, 3.8) is 0 Å². The van der Waals surface area contributed by atoms with Gasteiger partial charge >= 0.3 is 5.97 Å². The second kappa shape index (κ2) is 17.4. The molecule has 0 saturated carbocycles. The zero-order valence-corrected chi connectivity index (χ0v) is 35.8. The number of carboxylic acid groups (broad SMARTS) is 1. The van der Waals surface area contributed by atoms with Gasteiger partial charge in [-0.25, -0.2) is 33.7 Å². The summed E-state index contributed by atoms with van der Waals surface area (Å²) in [6, 6.07) is 22.0. The van der Waals surface area contributed by atoms with Crippen molar-refractivity contribution in [3.8, 4) is 40.3 Å². The summed E-state index contributed by atoms with van der Waals surface area (Å²) in [7, 11) is 3.47. The van der Waals surface area contributed by atoms with E-state index in [9.17, 15) is 19.4 Å². The second-order valence-electron chi connectivity index (χ2n) is 15.5. The van der Waals surface area contributed by atoms with E-state index < -0.39 is 17.9 Å². The first-order valence-corrected chi connectivity index (χ1v) is 21.3. The number of aromatic nitrogens is 4. The smallest absolute Gasteiger partial charge is 0.345 e. The van der Waals surface area contributed by atoms with Gasteiger partial charge in [-0.2, -0.15) is 5.84 Å². The average molecular weight is 891 g/mol. The van der Waals surface area contributed by atoms with Gasteiger partial charge in [-0.15, -0.1) is 11.3 Å². The van der Waals surface area contributed by atoms with Gasteiger partial charge in [0.1, 0.15) is 54.8 Å². The molecule has 0 aliphatic carbocycles. The van der Waals surface area contributed by atoms with Gasteiger partial charge in [0.25, 0.3) is 0 Å². The van der Waals surface area contributed by atoms with Crippen molar-refractivity contribution < 1.29 is 42.9 Å². The minimum absolute atomic E-state index is 0.0339. The highest BCUT2D eigenvalue weighted by molar-refractivity contribution is 7.26. The Hall–Kier alpha value is -6.43. The van der Waals surface area contributed by atoms with Crippen LogP contribution in [0.3, 0.4) is 0 Å². The molecule has 0 amide bonds. The van der Waals surface area contributed by atoms with Crippen LogP contribution in [0.25, 0.3) is 53.2 Å². The first-order chi connectivity index (χ1) is 30.5. The molecule has 322 valence electrons. The van der Waals surface area contributed by atoms with Crippen molar-refractivity contribution in [3.05, 3.63) is 113 Å². The Kier molecular flexibility index (Phi) is 11.6. The number of phenolic OH excluding ortho intramolecular Hbond substituents is 1. The Morgan fingerprint density at radius 2 is 1.76 bits per heavy atom. The van der Waals surface area contributed by atoms with Crippen LogP contribution >= 0.6 is 22.9 Å². The lowest BCUT2D eigenvalue weighted by Crippen LogP contribution is -2.61. The van der Waals surface area contributed by atoms with Crippen molar-refractivity contribution in [2.75, 3.05) is 53.5 Å². The number of rotatable bonds is 14. The first-order valence-electron chi connectivity index (χ1n) is 20.2. The number of hydrogen-bond donors (Lipinski definition) is 3. The Morgan fingerprint density at radius 1 is 0.952 bits per heavy atom.